The first kappa shape index (κ1) is 23.0. The molecule has 138 valence electrons. The van der Waals surface area contributed by atoms with Crippen molar-refractivity contribution in [3.05, 3.63) is 48.2 Å². The summed E-state index contributed by atoms with van der Waals surface area (Å²) in [5.41, 5.74) is 0.917. The molecule has 1 amide bonds. The quantitative estimate of drug-likeness (QED) is 0.728. The van der Waals surface area contributed by atoms with Crippen LogP contribution in [0.2, 0.25) is 0 Å². The maximum Gasteiger partial charge on any atom is 0.221 e. The predicted molar refractivity (Wildman–Crippen MR) is 102 cm³/mol. The molecule has 25 heavy (non-hydrogen) atoms. The summed E-state index contributed by atoms with van der Waals surface area (Å²) in [5.74, 6) is 1.88. The fourth-order valence-electron chi connectivity index (χ4n) is 1.89. The normalized spacial score (nSPS) is 9.36. The van der Waals surface area contributed by atoms with E-state index in [1.807, 2.05) is 31.3 Å². The van der Waals surface area contributed by atoms with Crippen LogP contribution in [0.3, 0.4) is 0 Å². The third kappa shape index (κ3) is 8.07. The van der Waals surface area contributed by atoms with E-state index in [4.69, 9.17) is 9.47 Å². The van der Waals surface area contributed by atoms with E-state index in [0.717, 1.165) is 11.3 Å². The Kier molecular flexibility index (Phi) is 11.4. The Morgan fingerprint density at radius 2 is 1.92 bits per heavy atom. The van der Waals surface area contributed by atoms with Gasteiger partial charge in [-0.1, -0.05) is 12.1 Å². The number of aromatic nitrogens is 1. The van der Waals surface area contributed by atoms with Crippen molar-refractivity contribution in [3.8, 4) is 17.4 Å². The second-order valence-electron chi connectivity index (χ2n) is 4.92. The number of nitrogens with zero attached hydrogens (tertiary/aromatic N) is 1. The monoisotopic (exact) mass is 387 g/mol. The van der Waals surface area contributed by atoms with E-state index in [9.17, 15) is 4.79 Å². The third-order valence-corrected chi connectivity index (χ3v) is 3.15. The number of nitrogens with one attached hydrogen (secondary N) is 2. The van der Waals surface area contributed by atoms with Gasteiger partial charge in [0.1, 0.15) is 11.5 Å². The van der Waals surface area contributed by atoms with Gasteiger partial charge in [0.05, 0.1) is 7.11 Å². The fraction of sp³-hybridized carbons (Fsp3) is 0.294. The van der Waals surface area contributed by atoms with E-state index in [0.29, 0.717) is 31.1 Å². The van der Waals surface area contributed by atoms with Crippen LogP contribution in [-0.2, 0) is 11.3 Å². The molecular formula is C17H23Cl2N3O3. The predicted octanol–water partition coefficient (Wildman–Crippen LogP) is 2.95. The molecule has 0 radical (unpaired) electrons. The molecule has 6 nitrogen and oxygen atoms in total. The number of carbonyl (C=O) groups is 1. The standard InChI is InChI=1S/C17H21N3O3.2ClH/c1-18-9-8-16(21)19-11-13-6-7-17(20-12-13)23-15-5-3-4-14(10-15)22-2;;/h3-7,10,12,18H,8-9,11H2,1-2H3,(H,19,21);2*1H. The highest BCUT2D eigenvalue weighted by Crippen LogP contribution is 2.23. The van der Waals surface area contributed by atoms with E-state index in [1.165, 1.54) is 0 Å². The summed E-state index contributed by atoms with van der Waals surface area (Å²) in [5, 5.41) is 5.78. The van der Waals surface area contributed by atoms with E-state index in [1.54, 1.807) is 25.4 Å². The number of rotatable bonds is 8. The lowest BCUT2D eigenvalue weighted by Crippen LogP contribution is -2.26. The molecule has 2 aromatic rings. The van der Waals surface area contributed by atoms with Crippen molar-refractivity contribution in [3.63, 3.8) is 0 Å². The molecule has 2 N–H and O–H groups in total. The number of pyridine rings is 1. The topological polar surface area (TPSA) is 72.5 Å². The van der Waals surface area contributed by atoms with Crippen LogP contribution in [0, 0.1) is 0 Å². The summed E-state index contributed by atoms with van der Waals surface area (Å²) >= 11 is 0. The maximum absolute atomic E-state index is 11.5. The van der Waals surface area contributed by atoms with E-state index in [-0.39, 0.29) is 30.7 Å². The van der Waals surface area contributed by atoms with Gasteiger partial charge in [0, 0.05) is 37.8 Å². The minimum atomic E-state index is 0. The van der Waals surface area contributed by atoms with Crippen LogP contribution in [0.1, 0.15) is 12.0 Å². The van der Waals surface area contributed by atoms with Gasteiger partial charge in [-0.25, -0.2) is 4.98 Å². The fourth-order valence-corrected chi connectivity index (χ4v) is 1.89. The molecule has 0 aliphatic heterocycles. The molecule has 0 aliphatic carbocycles. The van der Waals surface area contributed by atoms with Crippen molar-refractivity contribution in [2.75, 3.05) is 20.7 Å². The molecule has 0 fully saturated rings. The summed E-state index contributed by atoms with van der Waals surface area (Å²) in [4.78, 5) is 15.8. The molecule has 1 aromatic carbocycles. The van der Waals surface area contributed by atoms with Crippen molar-refractivity contribution in [2.24, 2.45) is 0 Å². The van der Waals surface area contributed by atoms with Gasteiger partial charge >= 0.3 is 0 Å². The van der Waals surface area contributed by atoms with Gasteiger partial charge in [0.15, 0.2) is 0 Å². The smallest absolute Gasteiger partial charge is 0.221 e. The van der Waals surface area contributed by atoms with Gasteiger partial charge in [-0.15, -0.1) is 24.8 Å². The average molecular weight is 388 g/mol. The lowest BCUT2D eigenvalue weighted by atomic mass is 10.2. The number of methoxy groups -OCH3 is 1. The first-order chi connectivity index (χ1) is 11.2. The minimum Gasteiger partial charge on any atom is -0.497 e. The average Bonchev–Trinajstić information content (AvgIpc) is 2.59. The molecule has 0 saturated heterocycles. The van der Waals surface area contributed by atoms with Crippen molar-refractivity contribution >= 4 is 30.7 Å². The number of hydrogen-bond acceptors (Lipinski definition) is 5. The van der Waals surface area contributed by atoms with Gasteiger partial charge < -0.3 is 20.1 Å². The Hall–Kier alpha value is -2.02. The Morgan fingerprint density at radius 3 is 2.56 bits per heavy atom. The summed E-state index contributed by atoms with van der Waals surface area (Å²) in [6, 6.07) is 11.0. The van der Waals surface area contributed by atoms with Crippen LogP contribution < -0.4 is 20.1 Å². The Balaban J connectivity index is 0.00000288. The molecule has 0 bridgehead atoms. The van der Waals surface area contributed by atoms with E-state index < -0.39 is 0 Å². The first-order valence-electron chi connectivity index (χ1n) is 7.39. The van der Waals surface area contributed by atoms with Crippen LogP contribution in [0.15, 0.2) is 42.6 Å². The van der Waals surface area contributed by atoms with Crippen molar-refractivity contribution in [2.45, 2.75) is 13.0 Å². The number of halogens is 2. The lowest BCUT2D eigenvalue weighted by molar-refractivity contribution is -0.121. The Labute approximate surface area is 160 Å². The van der Waals surface area contributed by atoms with Crippen LogP contribution in [0.25, 0.3) is 0 Å². The summed E-state index contributed by atoms with van der Waals surface area (Å²) in [7, 11) is 3.43. The molecule has 0 saturated carbocycles. The molecule has 8 heteroatoms. The lowest BCUT2D eigenvalue weighted by Gasteiger charge is -2.08. The molecule has 0 unspecified atom stereocenters. The molecular weight excluding hydrogens is 365 g/mol. The van der Waals surface area contributed by atoms with Crippen LogP contribution in [-0.4, -0.2) is 31.6 Å². The Bertz CT molecular complexity index is 639. The zero-order valence-corrected chi connectivity index (χ0v) is 15.8. The number of benzene rings is 1. The molecule has 0 atom stereocenters. The minimum absolute atomic E-state index is 0. The highest BCUT2D eigenvalue weighted by Gasteiger charge is 2.03. The van der Waals surface area contributed by atoms with Gasteiger partial charge in [-0.2, -0.15) is 0 Å². The van der Waals surface area contributed by atoms with Crippen LogP contribution in [0.4, 0.5) is 0 Å². The van der Waals surface area contributed by atoms with Gasteiger partial charge in [0.25, 0.3) is 0 Å². The van der Waals surface area contributed by atoms with Gasteiger partial charge in [0.2, 0.25) is 11.8 Å². The van der Waals surface area contributed by atoms with Crippen molar-refractivity contribution in [1.82, 2.24) is 15.6 Å². The highest BCUT2D eigenvalue weighted by molar-refractivity contribution is 5.85. The Morgan fingerprint density at radius 1 is 1.16 bits per heavy atom. The number of hydrogen-bond donors (Lipinski definition) is 2. The second kappa shape index (κ2) is 12.4. The highest BCUT2D eigenvalue weighted by atomic mass is 35.5. The number of amides is 1. The third-order valence-electron chi connectivity index (χ3n) is 3.15. The first-order valence-corrected chi connectivity index (χ1v) is 7.39. The molecule has 2 rings (SSSR count). The zero-order chi connectivity index (χ0) is 16.5. The molecule has 0 spiro atoms. The van der Waals surface area contributed by atoms with Crippen LogP contribution >= 0.6 is 24.8 Å². The van der Waals surface area contributed by atoms with E-state index in [2.05, 4.69) is 15.6 Å². The molecule has 1 aromatic heterocycles. The second-order valence-corrected chi connectivity index (χ2v) is 4.92. The summed E-state index contributed by atoms with van der Waals surface area (Å²) in [6.07, 6.45) is 2.15. The van der Waals surface area contributed by atoms with Gasteiger partial charge in [-0.05, 0) is 24.7 Å². The number of carbonyl (C=O) groups excluding carboxylic acids is 1. The van der Waals surface area contributed by atoms with Crippen molar-refractivity contribution < 1.29 is 14.3 Å². The zero-order valence-electron chi connectivity index (χ0n) is 14.2. The molecule has 0 aliphatic rings. The van der Waals surface area contributed by atoms with Crippen molar-refractivity contribution in [1.29, 1.82) is 0 Å². The number of ether oxygens (including phenoxy) is 2. The van der Waals surface area contributed by atoms with Crippen LogP contribution in [0.5, 0.6) is 17.4 Å². The maximum atomic E-state index is 11.5. The molecule has 1 heterocycles. The van der Waals surface area contributed by atoms with Gasteiger partial charge in [-0.3, -0.25) is 4.79 Å². The summed E-state index contributed by atoms with van der Waals surface area (Å²) < 4.78 is 10.8. The van der Waals surface area contributed by atoms with E-state index >= 15 is 0 Å². The SMILES string of the molecule is CNCCC(=O)NCc1ccc(Oc2cccc(OC)c2)nc1.Cl.Cl. The summed E-state index contributed by atoms with van der Waals surface area (Å²) in [6.45, 7) is 1.12. The largest absolute Gasteiger partial charge is 0.497 e.